The first-order chi connectivity index (χ1) is 47.3. The van der Waals surface area contributed by atoms with Gasteiger partial charge < -0.3 is 27.4 Å². The van der Waals surface area contributed by atoms with Crippen molar-refractivity contribution in [1.29, 1.82) is 5.26 Å². The summed E-state index contributed by atoms with van der Waals surface area (Å²) in [7, 11) is 0. The maximum Gasteiger partial charge on any atom is 0.416 e. The van der Waals surface area contributed by atoms with Gasteiger partial charge in [-0.2, -0.15) is 18.4 Å². The van der Waals surface area contributed by atoms with E-state index in [9.17, 15) is 5.26 Å². The highest BCUT2D eigenvalue weighted by Gasteiger charge is 2.33. The minimum atomic E-state index is -4.75. The van der Waals surface area contributed by atoms with Crippen molar-refractivity contribution in [3.8, 4) is 51.3 Å². The Morgan fingerprint density at radius 3 is 0.792 bits per heavy atom. The zero-order chi connectivity index (χ0) is 63.7. The number of hydrogen-bond acceptors (Lipinski definition) is 1. The van der Waals surface area contributed by atoms with Crippen molar-refractivity contribution in [3.63, 3.8) is 0 Å². The Bertz CT molecular complexity index is 6240. The van der Waals surface area contributed by atoms with Gasteiger partial charge in [0, 0.05) is 98.5 Å². The van der Waals surface area contributed by atoms with Crippen LogP contribution in [0.15, 0.2) is 303 Å². The minimum Gasteiger partial charge on any atom is -0.309 e. The molecular weight excluding hydrogens is 1190 g/mol. The lowest BCUT2D eigenvalue weighted by atomic mass is 9.94. The van der Waals surface area contributed by atoms with E-state index in [0.717, 1.165) is 154 Å². The van der Waals surface area contributed by atoms with Gasteiger partial charge in [0.1, 0.15) is 0 Å². The highest BCUT2D eigenvalue weighted by molar-refractivity contribution is 6.17. The van der Waals surface area contributed by atoms with Crippen LogP contribution < -0.4 is 0 Å². The van der Waals surface area contributed by atoms with Gasteiger partial charge in [-0.05, 0) is 152 Å². The molecule has 0 N–H and O–H groups in total. The van der Waals surface area contributed by atoms with E-state index in [1.54, 1.807) is 12.1 Å². The van der Waals surface area contributed by atoms with E-state index in [4.69, 9.17) is 0 Å². The molecule has 14 aromatic carbocycles. The molecule has 0 aliphatic heterocycles. The smallest absolute Gasteiger partial charge is 0.309 e. The van der Waals surface area contributed by atoms with E-state index < -0.39 is 11.7 Å². The van der Waals surface area contributed by atoms with Crippen molar-refractivity contribution in [3.05, 3.63) is 314 Å². The van der Waals surface area contributed by atoms with E-state index >= 15 is 13.2 Å². The summed E-state index contributed by atoms with van der Waals surface area (Å²) in [5.41, 5.74) is 16.4. The standard InChI is InChI=1S/C86H50F3N7/c87-86(88,89)53-36-41-83(95-79-42-37-54(91-71-27-9-1-19-58(71)59-20-2-10-28-72(59)91)47-66(79)67-48-55(38-43-80(67)95)92-73-29-11-3-21-60(73)61-22-4-12-30-74(61)92)70(46-53)85-52(51-90)18-17-35-84(85)96-81-44-39-56(93-75-31-13-5-23-62(75)63-24-6-14-32-76(63)93)49-68(81)69-50-57(40-45-82(69)96)94-77-33-15-7-25-64(77)65-26-8-16-34-78(65)94/h1-50H. The molecule has 450 valence electrons. The van der Waals surface area contributed by atoms with Gasteiger partial charge in [0.15, 0.2) is 0 Å². The van der Waals surface area contributed by atoms with Crippen LogP contribution in [-0.2, 0) is 6.18 Å². The van der Waals surface area contributed by atoms with Crippen molar-refractivity contribution >= 4 is 131 Å². The lowest BCUT2D eigenvalue weighted by Gasteiger charge is -2.21. The number of benzene rings is 14. The molecule has 0 aliphatic carbocycles. The molecule has 0 unspecified atom stereocenters. The molecule has 0 atom stereocenters. The normalized spacial score (nSPS) is 12.3. The van der Waals surface area contributed by atoms with Crippen LogP contribution in [0.25, 0.3) is 176 Å². The first-order valence-electron chi connectivity index (χ1n) is 32.1. The Labute approximate surface area is 545 Å². The quantitative estimate of drug-likeness (QED) is 0.157. The lowest BCUT2D eigenvalue weighted by molar-refractivity contribution is -0.137. The van der Waals surface area contributed by atoms with Gasteiger partial charge >= 0.3 is 6.18 Å². The number of hydrogen-bond donors (Lipinski definition) is 0. The molecule has 10 heteroatoms. The van der Waals surface area contributed by atoms with Crippen LogP contribution in [-0.4, -0.2) is 27.4 Å². The van der Waals surface area contributed by atoms with Crippen molar-refractivity contribution < 1.29 is 13.2 Å². The molecule has 0 saturated heterocycles. The third kappa shape index (κ3) is 7.59. The van der Waals surface area contributed by atoms with Crippen LogP contribution in [0, 0.1) is 11.3 Å². The van der Waals surface area contributed by atoms with Crippen LogP contribution in [0.2, 0.25) is 0 Å². The summed E-state index contributed by atoms with van der Waals surface area (Å²) in [5, 5.41) is 24.3. The number of rotatable bonds is 7. The molecule has 0 bridgehead atoms. The molecule has 6 heterocycles. The topological polar surface area (TPSA) is 53.4 Å². The molecule has 20 rings (SSSR count). The molecule has 20 aromatic rings. The van der Waals surface area contributed by atoms with Gasteiger partial charge in [0.25, 0.3) is 0 Å². The fourth-order valence-corrected chi connectivity index (χ4v) is 16.1. The van der Waals surface area contributed by atoms with E-state index in [0.29, 0.717) is 16.9 Å². The van der Waals surface area contributed by atoms with Gasteiger partial charge in [-0.1, -0.05) is 152 Å². The first-order valence-corrected chi connectivity index (χ1v) is 32.1. The van der Waals surface area contributed by atoms with Crippen molar-refractivity contribution in [2.45, 2.75) is 6.18 Å². The number of fused-ring (bicyclic) bond motifs is 18. The highest BCUT2D eigenvalue weighted by atomic mass is 19.4. The molecule has 0 fully saturated rings. The highest BCUT2D eigenvalue weighted by Crippen LogP contribution is 2.48. The Balaban J connectivity index is 0.873. The second-order valence-corrected chi connectivity index (χ2v) is 25.0. The van der Waals surface area contributed by atoms with Crippen molar-refractivity contribution in [2.24, 2.45) is 0 Å². The monoisotopic (exact) mass is 1240 g/mol. The maximum atomic E-state index is 15.9. The lowest BCUT2D eigenvalue weighted by Crippen LogP contribution is -2.08. The Morgan fingerprint density at radius 2 is 0.510 bits per heavy atom. The number of nitriles is 1. The van der Waals surface area contributed by atoms with Gasteiger partial charge in [-0.3, -0.25) is 0 Å². The fourth-order valence-electron chi connectivity index (χ4n) is 16.1. The molecule has 0 spiro atoms. The zero-order valence-corrected chi connectivity index (χ0v) is 51.1. The number of nitrogens with zero attached hydrogens (tertiary/aromatic N) is 7. The Kier molecular flexibility index (Phi) is 11.3. The van der Waals surface area contributed by atoms with Gasteiger partial charge in [0.2, 0.25) is 0 Å². The van der Waals surface area contributed by atoms with Gasteiger partial charge in [0.05, 0.1) is 94.8 Å². The van der Waals surface area contributed by atoms with Crippen LogP contribution >= 0.6 is 0 Å². The zero-order valence-electron chi connectivity index (χ0n) is 51.1. The summed E-state index contributed by atoms with van der Waals surface area (Å²) >= 11 is 0. The van der Waals surface area contributed by atoms with Crippen molar-refractivity contribution in [2.75, 3.05) is 0 Å². The summed E-state index contributed by atoms with van der Waals surface area (Å²) in [6, 6.07) is 105. The van der Waals surface area contributed by atoms with Crippen LogP contribution in [0.3, 0.4) is 0 Å². The molecule has 0 amide bonds. The van der Waals surface area contributed by atoms with E-state index in [-0.39, 0.29) is 11.1 Å². The van der Waals surface area contributed by atoms with Crippen LogP contribution in [0.5, 0.6) is 0 Å². The minimum absolute atomic E-state index is 0.218. The Hall–Kier alpha value is -12.8. The summed E-state index contributed by atoms with van der Waals surface area (Å²) in [5.74, 6) is 0. The second-order valence-electron chi connectivity index (χ2n) is 25.0. The Morgan fingerprint density at radius 1 is 0.240 bits per heavy atom. The average molecular weight is 1240 g/mol. The summed E-state index contributed by atoms with van der Waals surface area (Å²) in [6.07, 6.45) is -4.75. The van der Waals surface area contributed by atoms with Gasteiger partial charge in [-0.15, -0.1) is 0 Å². The fraction of sp³-hybridized carbons (Fsp3) is 0.0116. The molecular formula is C86H50F3N7. The number of halogens is 3. The molecule has 0 saturated carbocycles. The number of para-hydroxylation sites is 8. The summed E-state index contributed by atoms with van der Waals surface area (Å²) in [4.78, 5) is 0. The average Bonchev–Trinajstić information content (AvgIpc) is 1.54. The molecule has 6 aromatic heterocycles. The van der Waals surface area contributed by atoms with E-state index in [2.05, 4.69) is 300 Å². The molecule has 7 nitrogen and oxygen atoms in total. The predicted octanol–water partition coefficient (Wildman–Crippen LogP) is 22.8. The van der Waals surface area contributed by atoms with Crippen LogP contribution in [0.4, 0.5) is 13.2 Å². The third-order valence-corrected chi connectivity index (χ3v) is 20.1. The molecule has 96 heavy (non-hydrogen) atoms. The van der Waals surface area contributed by atoms with Crippen LogP contribution in [0.1, 0.15) is 11.1 Å². The number of alkyl halides is 3. The van der Waals surface area contributed by atoms with E-state index in [1.807, 2.05) is 12.1 Å². The number of aromatic nitrogens is 6. The second kappa shape index (κ2) is 20.1. The summed E-state index contributed by atoms with van der Waals surface area (Å²) in [6.45, 7) is 0. The molecule has 0 aliphatic rings. The SMILES string of the molecule is N#Cc1cccc(-n2c3ccc(-n4c5ccccc5c5ccccc54)cc3c3cc(-n4c5ccccc5c5ccccc54)ccc32)c1-c1cc(C(F)(F)F)ccc1-n1c2ccc(-n3c4ccccc4c4ccccc43)cc2c2cc(-n3c4ccccc4c4ccccc43)ccc21. The van der Waals surface area contributed by atoms with Gasteiger partial charge in [-0.25, -0.2) is 0 Å². The maximum absolute atomic E-state index is 15.9. The largest absolute Gasteiger partial charge is 0.416 e. The first kappa shape index (κ1) is 53.8. The van der Waals surface area contributed by atoms with Crippen molar-refractivity contribution in [1.82, 2.24) is 27.4 Å². The third-order valence-electron chi connectivity index (χ3n) is 20.1. The van der Waals surface area contributed by atoms with E-state index in [1.165, 1.54) is 12.1 Å². The summed E-state index contributed by atoms with van der Waals surface area (Å²) < 4.78 is 61.0. The molecule has 0 radical (unpaired) electrons. The predicted molar refractivity (Wildman–Crippen MR) is 388 cm³/mol.